The number of hydrogen-bond acceptors (Lipinski definition) is 7. The third-order valence-corrected chi connectivity index (χ3v) is 8.37. The Kier molecular flexibility index (Phi) is 6.30. The molecule has 0 unspecified atom stereocenters. The third-order valence-electron chi connectivity index (χ3n) is 6.48. The van der Waals surface area contributed by atoms with Crippen LogP contribution in [0.4, 0.5) is 11.4 Å². The molecule has 0 aromatic heterocycles. The topological polar surface area (TPSA) is 116 Å². The number of imide groups is 1. The average molecular weight is 499 g/mol. The molecule has 11 heteroatoms. The van der Waals surface area contributed by atoms with E-state index in [4.69, 9.17) is 4.74 Å². The van der Waals surface area contributed by atoms with Gasteiger partial charge in [0.15, 0.2) is 0 Å². The number of nitrogens with one attached hydrogen (secondary N) is 1. The lowest BCUT2D eigenvalue weighted by molar-refractivity contribution is -0.116. The van der Waals surface area contributed by atoms with Crippen molar-refractivity contribution in [1.82, 2.24) is 9.21 Å². The fraction of sp³-hybridized carbons (Fsp3) is 0.375. The summed E-state index contributed by atoms with van der Waals surface area (Å²) in [5, 5.41) is 2.76. The Morgan fingerprint density at radius 1 is 0.914 bits per heavy atom. The van der Waals surface area contributed by atoms with E-state index in [1.165, 1.54) is 10.4 Å². The predicted molar refractivity (Wildman–Crippen MR) is 128 cm³/mol. The van der Waals surface area contributed by atoms with Crippen LogP contribution in [0.15, 0.2) is 47.4 Å². The molecule has 3 aliphatic heterocycles. The van der Waals surface area contributed by atoms with Crippen molar-refractivity contribution >= 4 is 39.1 Å². The molecule has 35 heavy (non-hydrogen) atoms. The van der Waals surface area contributed by atoms with Gasteiger partial charge in [-0.05, 0) is 43.2 Å². The second kappa shape index (κ2) is 9.40. The van der Waals surface area contributed by atoms with Gasteiger partial charge in [0.2, 0.25) is 15.9 Å². The Labute approximate surface area is 203 Å². The van der Waals surface area contributed by atoms with Gasteiger partial charge >= 0.3 is 0 Å². The summed E-state index contributed by atoms with van der Waals surface area (Å²) < 4.78 is 33.0. The van der Waals surface area contributed by atoms with Crippen LogP contribution in [0.5, 0.6) is 0 Å². The van der Waals surface area contributed by atoms with Crippen LogP contribution in [0.1, 0.15) is 33.6 Å². The van der Waals surface area contributed by atoms with Gasteiger partial charge in [0.25, 0.3) is 11.8 Å². The van der Waals surface area contributed by atoms with E-state index in [-0.39, 0.29) is 29.1 Å². The van der Waals surface area contributed by atoms with Crippen LogP contribution in [-0.2, 0) is 19.6 Å². The highest BCUT2D eigenvalue weighted by atomic mass is 32.2. The standard InChI is InChI=1S/C24H26N4O6S/c29-22(16-28-23(30)18-5-1-2-6-19(18)24(28)31)25-20-15-17(7-8-21(20)26-9-3-4-10-26)35(32,33)27-11-13-34-14-12-27/h1-2,5-8,15H,3-4,9-14,16H2,(H,25,29). The van der Waals surface area contributed by atoms with Crippen LogP contribution < -0.4 is 10.2 Å². The molecule has 0 atom stereocenters. The Bertz CT molecular complexity index is 1250. The van der Waals surface area contributed by atoms with E-state index in [2.05, 4.69) is 10.2 Å². The highest BCUT2D eigenvalue weighted by Gasteiger charge is 2.36. The molecular weight excluding hydrogens is 472 g/mol. The molecule has 5 rings (SSSR count). The molecule has 2 aromatic carbocycles. The second-order valence-electron chi connectivity index (χ2n) is 8.68. The van der Waals surface area contributed by atoms with Gasteiger partial charge in [-0.15, -0.1) is 0 Å². The lowest BCUT2D eigenvalue weighted by Crippen LogP contribution is -2.40. The van der Waals surface area contributed by atoms with E-state index < -0.39 is 34.3 Å². The van der Waals surface area contributed by atoms with Crippen molar-refractivity contribution in [2.75, 3.05) is 56.2 Å². The number of nitrogens with zero attached hydrogens (tertiary/aromatic N) is 3. The van der Waals surface area contributed by atoms with Crippen LogP contribution in [0.2, 0.25) is 0 Å². The fourth-order valence-electron chi connectivity index (χ4n) is 4.66. The van der Waals surface area contributed by atoms with Gasteiger partial charge < -0.3 is 15.0 Å². The number of amides is 3. The molecule has 0 radical (unpaired) electrons. The molecular formula is C24H26N4O6S. The zero-order valence-corrected chi connectivity index (χ0v) is 19.9. The summed E-state index contributed by atoms with van der Waals surface area (Å²) in [5.41, 5.74) is 1.57. The van der Waals surface area contributed by atoms with Gasteiger partial charge in [0.05, 0.1) is 40.6 Å². The van der Waals surface area contributed by atoms with Gasteiger partial charge in [0.1, 0.15) is 6.54 Å². The van der Waals surface area contributed by atoms with Crippen LogP contribution >= 0.6 is 0 Å². The number of ether oxygens (including phenoxy) is 1. The minimum Gasteiger partial charge on any atom is -0.379 e. The smallest absolute Gasteiger partial charge is 0.262 e. The average Bonchev–Trinajstić information content (AvgIpc) is 3.48. The van der Waals surface area contributed by atoms with E-state index in [1.54, 1.807) is 36.4 Å². The first-order valence-electron chi connectivity index (χ1n) is 11.6. The zero-order chi connectivity index (χ0) is 24.6. The first kappa shape index (κ1) is 23.5. The molecule has 2 fully saturated rings. The first-order chi connectivity index (χ1) is 16.9. The molecule has 3 aliphatic rings. The monoisotopic (exact) mass is 498 g/mol. The number of benzene rings is 2. The summed E-state index contributed by atoms with van der Waals surface area (Å²) in [7, 11) is -3.77. The van der Waals surface area contributed by atoms with Gasteiger partial charge in [-0.25, -0.2) is 8.42 Å². The number of fused-ring (bicyclic) bond motifs is 1. The number of sulfonamides is 1. The Hall–Kier alpha value is -3.28. The summed E-state index contributed by atoms with van der Waals surface area (Å²) >= 11 is 0. The first-order valence-corrected chi connectivity index (χ1v) is 13.0. The Balaban J connectivity index is 1.40. The van der Waals surface area contributed by atoms with Crippen LogP contribution in [0.3, 0.4) is 0 Å². The molecule has 2 saturated heterocycles. The maximum Gasteiger partial charge on any atom is 0.262 e. The van der Waals surface area contributed by atoms with E-state index in [1.807, 2.05) is 0 Å². The van der Waals surface area contributed by atoms with Crippen molar-refractivity contribution in [3.8, 4) is 0 Å². The lowest BCUT2D eigenvalue weighted by Gasteiger charge is -2.27. The van der Waals surface area contributed by atoms with Crippen LogP contribution in [0.25, 0.3) is 0 Å². The summed E-state index contributed by atoms with van der Waals surface area (Å²) in [4.78, 5) is 41.4. The number of morpholine rings is 1. The minimum atomic E-state index is -3.77. The fourth-order valence-corrected chi connectivity index (χ4v) is 6.10. The molecule has 1 N–H and O–H groups in total. The van der Waals surface area contributed by atoms with E-state index >= 15 is 0 Å². The Morgan fingerprint density at radius 3 is 2.17 bits per heavy atom. The number of carbonyl (C=O) groups excluding carboxylic acids is 3. The molecule has 2 aromatic rings. The van der Waals surface area contributed by atoms with E-state index in [9.17, 15) is 22.8 Å². The maximum absolute atomic E-state index is 13.2. The number of carbonyl (C=O) groups is 3. The Morgan fingerprint density at radius 2 is 1.54 bits per heavy atom. The molecule has 0 bridgehead atoms. The minimum absolute atomic E-state index is 0.0679. The second-order valence-corrected chi connectivity index (χ2v) is 10.6. The summed E-state index contributed by atoms with van der Waals surface area (Å²) in [6.45, 7) is 2.29. The van der Waals surface area contributed by atoms with E-state index in [0.29, 0.717) is 24.6 Å². The lowest BCUT2D eigenvalue weighted by atomic mass is 10.1. The third kappa shape index (κ3) is 4.42. The quantitative estimate of drug-likeness (QED) is 0.601. The SMILES string of the molecule is O=C(CN1C(=O)c2ccccc2C1=O)Nc1cc(S(=O)(=O)N2CCOCC2)ccc1N1CCCC1. The van der Waals surface area contributed by atoms with E-state index in [0.717, 1.165) is 30.8 Å². The predicted octanol–water partition coefficient (Wildman–Crippen LogP) is 1.54. The van der Waals surface area contributed by atoms with Crippen LogP contribution in [-0.4, -0.2) is 81.3 Å². The van der Waals surface area contributed by atoms with Crippen LogP contribution in [0, 0.1) is 0 Å². The number of anilines is 2. The highest BCUT2D eigenvalue weighted by Crippen LogP contribution is 2.33. The summed E-state index contributed by atoms with van der Waals surface area (Å²) in [6.07, 6.45) is 1.99. The maximum atomic E-state index is 13.2. The molecule has 0 saturated carbocycles. The summed E-state index contributed by atoms with van der Waals surface area (Å²) in [6, 6.07) is 11.2. The van der Waals surface area contributed by atoms with Crippen molar-refractivity contribution in [2.45, 2.75) is 17.7 Å². The molecule has 3 heterocycles. The highest BCUT2D eigenvalue weighted by molar-refractivity contribution is 7.89. The molecule has 0 spiro atoms. The van der Waals surface area contributed by atoms with Gasteiger partial charge in [-0.1, -0.05) is 12.1 Å². The molecule has 3 amide bonds. The molecule has 0 aliphatic carbocycles. The summed E-state index contributed by atoms with van der Waals surface area (Å²) in [5.74, 6) is -1.63. The molecule has 184 valence electrons. The van der Waals surface area contributed by atoms with Gasteiger partial charge in [-0.3, -0.25) is 19.3 Å². The largest absolute Gasteiger partial charge is 0.379 e. The number of hydrogen-bond donors (Lipinski definition) is 1. The van der Waals surface area contributed by atoms with Crippen molar-refractivity contribution in [2.24, 2.45) is 0 Å². The van der Waals surface area contributed by atoms with Crippen molar-refractivity contribution in [1.29, 1.82) is 0 Å². The van der Waals surface area contributed by atoms with Crippen molar-refractivity contribution in [3.63, 3.8) is 0 Å². The van der Waals surface area contributed by atoms with Gasteiger partial charge in [-0.2, -0.15) is 4.31 Å². The zero-order valence-electron chi connectivity index (χ0n) is 19.1. The number of rotatable bonds is 6. The van der Waals surface area contributed by atoms with Crippen molar-refractivity contribution < 1.29 is 27.5 Å². The molecule has 10 nitrogen and oxygen atoms in total. The van der Waals surface area contributed by atoms with Crippen molar-refractivity contribution in [3.05, 3.63) is 53.6 Å². The normalized spacial score (nSPS) is 18.7. The van der Waals surface area contributed by atoms with Gasteiger partial charge in [0, 0.05) is 26.2 Å².